The maximum atomic E-state index is 13.7. The normalized spacial score (nSPS) is 20.3. The summed E-state index contributed by atoms with van der Waals surface area (Å²) in [4.78, 5) is 33.3. The number of rotatable bonds is 5. The summed E-state index contributed by atoms with van der Waals surface area (Å²) in [6, 6.07) is 11.5. The van der Waals surface area contributed by atoms with Crippen LogP contribution in [-0.2, 0) is 11.3 Å². The Morgan fingerprint density at radius 2 is 1.83 bits per heavy atom. The molecule has 0 bridgehead atoms. The Labute approximate surface area is 178 Å². The van der Waals surface area contributed by atoms with Gasteiger partial charge >= 0.3 is 0 Å². The molecule has 1 aliphatic heterocycles. The summed E-state index contributed by atoms with van der Waals surface area (Å²) in [7, 11) is 0. The van der Waals surface area contributed by atoms with Crippen molar-refractivity contribution in [2.24, 2.45) is 5.92 Å². The Kier molecular flexibility index (Phi) is 5.89. The summed E-state index contributed by atoms with van der Waals surface area (Å²) < 4.78 is 0. The summed E-state index contributed by atoms with van der Waals surface area (Å²) in [6.07, 6.45) is 8.52. The van der Waals surface area contributed by atoms with Crippen molar-refractivity contribution in [3.05, 3.63) is 65.5 Å². The van der Waals surface area contributed by atoms with Gasteiger partial charge in [0.2, 0.25) is 5.91 Å². The van der Waals surface area contributed by atoms with Gasteiger partial charge in [-0.3, -0.25) is 14.6 Å². The van der Waals surface area contributed by atoms with Gasteiger partial charge in [0.05, 0.1) is 11.5 Å². The van der Waals surface area contributed by atoms with Crippen molar-refractivity contribution in [1.29, 1.82) is 0 Å². The first-order chi connectivity index (χ1) is 14.5. The molecule has 1 saturated carbocycles. The molecular formula is C25H31N3O2. The number of fused-ring (bicyclic) bond motifs is 1. The van der Waals surface area contributed by atoms with Crippen LogP contribution in [0, 0.1) is 5.92 Å². The van der Waals surface area contributed by atoms with Gasteiger partial charge in [-0.25, -0.2) is 0 Å². The van der Waals surface area contributed by atoms with Crippen LogP contribution >= 0.6 is 0 Å². The molecule has 1 atom stereocenters. The van der Waals surface area contributed by atoms with Crippen LogP contribution < -0.4 is 5.32 Å². The molecule has 1 N–H and O–H groups in total. The van der Waals surface area contributed by atoms with Crippen molar-refractivity contribution < 1.29 is 9.59 Å². The molecule has 5 nitrogen and oxygen atoms in total. The molecule has 1 fully saturated rings. The Morgan fingerprint density at radius 1 is 1.13 bits per heavy atom. The van der Waals surface area contributed by atoms with E-state index in [1.807, 2.05) is 36.4 Å². The molecule has 2 aromatic rings. The molecule has 0 unspecified atom stereocenters. The average Bonchev–Trinajstić information content (AvgIpc) is 2.77. The topological polar surface area (TPSA) is 62.3 Å². The molecule has 2 amide bonds. The lowest BCUT2D eigenvalue weighted by Gasteiger charge is -2.54. The highest BCUT2D eigenvalue weighted by Crippen LogP contribution is 2.49. The molecule has 30 heavy (non-hydrogen) atoms. The van der Waals surface area contributed by atoms with E-state index in [4.69, 9.17) is 0 Å². The maximum absolute atomic E-state index is 13.7. The number of hydrogen-bond donors (Lipinski definition) is 1. The van der Waals surface area contributed by atoms with E-state index >= 15 is 0 Å². The van der Waals surface area contributed by atoms with Crippen molar-refractivity contribution in [3.8, 4) is 0 Å². The van der Waals surface area contributed by atoms with E-state index in [0.29, 0.717) is 24.6 Å². The zero-order valence-electron chi connectivity index (χ0n) is 17.9. The summed E-state index contributed by atoms with van der Waals surface area (Å²) in [5, 5.41) is 3.17. The first-order valence-corrected chi connectivity index (χ1v) is 11.1. The predicted molar refractivity (Wildman–Crippen MR) is 117 cm³/mol. The number of hydrogen-bond acceptors (Lipinski definition) is 3. The molecule has 1 aromatic carbocycles. The summed E-state index contributed by atoms with van der Waals surface area (Å²) >= 11 is 0. The van der Waals surface area contributed by atoms with E-state index in [1.54, 1.807) is 12.4 Å². The molecule has 4 rings (SSSR count). The van der Waals surface area contributed by atoms with Gasteiger partial charge in [-0.2, -0.15) is 0 Å². The van der Waals surface area contributed by atoms with Gasteiger partial charge in [0.25, 0.3) is 5.91 Å². The second-order valence-electron chi connectivity index (χ2n) is 9.07. The first-order valence-electron chi connectivity index (χ1n) is 11.1. The zero-order chi connectivity index (χ0) is 21.1. The van der Waals surface area contributed by atoms with E-state index in [0.717, 1.165) is 36.8 Å². The largest absolute Gasteiger partial charge is 0.351 e. The number of aromatic nitrogens is 1. The highest BCUT2D eigenvalue weighted by molar-refractivity contribution is 6.02. The highest BCUT2D eigenvalue weighted by Gasteiger charge is 2.54. The lowest BCUT2D eigenvalue weighted by atomic mass is 9.65. The smallest absolute Gasteiger partial charge is 0.254 e. The third-order valence-corrected chi connectivity index (χ3v) is 6.57. The summed E-state index contributed by atoms with van der Waals surface area (Å²) in [6.45, 7) is 5.43. The molecule has 158 valence electrons. The number of carbonyl (C=O) groups excluding carboxylic acids is 2. The van der Waals surface area contributed by atoms with Crippen LogP contribution in [0.2, 0.25) is 0 Å². The fourth-order valence-corrected chi connectivity index (χ4v) is 5.27. The Morgan fingerprint density at radius 3 is 2.53 bits per heavy atom. The average molecular weight is 406 g/mol. The van der Waals surface area contributed by atoms with Gasteiger partial charge in [-0.05, 0) is 48.1 Å². The molecule has 2 heterocycles. The predicted octanol–water partition coefficient (Wildman–Crippen LogP) is 4.30. The van der Waals surface area contributed by atoms with Gasteiger partial charge in [0.1, 0.15) is 0 Å². The second-order valence-corrected chi connectivity index (χ2v) is 9.07. The number of carbonyl (C=O) groups is 2. The van der Waals surface area contributed by atoms with Crippen LogP contribution in [0.4, 0.5) is 0 Å². The van der Waals surface area contributed by atoms with Crippen molar-refractivity contribution in [2.45, 2.75) is 64.0 Å². The van der Waals surface area contributed by atoms with Crippen LogP contribution in [-0.4, -0.2) is 33.8 Å². The summed E-state index contributed by atoms with van der Waals surface area (Å²) in [5.41, 5.74) is 2.15. The molecule has 5 heteroatoms. The number of nitrogens with zero attached hydrogens (tertiary/aromatic N) is 2. The van der Waals surface area contributed by atoms with Crippen molar-refractivity contribution >= 4 is 11.8 Å². The Balaban J connectivity index is 1.74. The van der Waals surface area contributed by atoms with E-state index in [2.05, 4.69) is 29.0 Å². The van der Waals surface area contributed by atoms with Crippen LogP contribution in [0.5, 0.6) is 0 Å². The third kappa shape index (κ3) is 3.73. The molecule has 1 aromatic heterocycles. The molecule has 1 spiro atoms. The Bertz CT molecular complexity index is 904. The lowest BCUT2D eigenvalue weighted by Crippen LogP contribution is -2.63. The van der Waals surface area contributed by atoms with Crippen molar-refractivity contribution in [1.82, 2.24) is 15.2 Å². The first kappa shape index (κ1) is 20.6. The van der Waals surface area contributed by atoms with Gasteiger partial charge in [0, 0.05) is 31.0 Å². The molecule has 0 saturated heterocycles. The highest BCUT2D eigenvalue weighted by atomic mass is 16.2. The van der Waals surface area contributed by atoms with Crippen LogP contribution in [0.1, 0.15) is 73.4 Å². The minimum Gasteiger partial charge on any atom is -0.351 e. The van der Waals surface area contributed by atoms with E-state index < -0.39 is 5.54 Å². The van der Waals surface area contributed by atoms with E-state index in [-0.39, 0.29) is 17.7 Å². The van der Waals surface area contributed by atoms with Gasteiger partial charge in [0.15, 0.2) is 0 Å². The molecule has 1 aliphatic carbocycles. The van der Waals surface area contributed by atoms with Crippen LogP contribution in [0.25, 0.3) is 0 Å². The van der Waals surface area contributed by atoms with E-state index in [1.165, 1.54) is 6.42 Å². The van der Waals surface area contributed by atoms with Crippen LogP contribution in [0.3, 0.4) is 0 Å². The minimum absolute atomic E-state index is 0.0161. The van der Waals surface area contributed by atoms with Gasteiger partial charge < -0.3 is 10.2 Å². The monoisotopic (exact) mass is 405 g/mol. The van der Waals surface area contributed by atoms with Crippen molar-refractivity contribution in [3.63, 3.8) is 0 Å². The summed E-state index contributed by atoms with van der Waals surface area (Å²) in [5.74, 6) is 0.104. The fraction of sp³-hybridized carbons (Fsp3) is 0.480. The number of amides is 2. The van der Waals surface area contributed by atoms with Crippen molar-refractivity contribution in [2.75, 3.05) is 6.54 Å². The third-order valence-electron chi connectivity index (χ3n) is 6.57. The molecule has 2 aliphatic rings. The second kappa shape index (κ2) is 8.58. The van der Waals surface area contributed by atoms with Gasteiger partial charge in [-0.15, -0.1) is 0 Å². The SMILES string of the molecule is CC(C)CN1C(=O)c2ccccc2[C@H](C(=O)NCc2ccncc2)C12CCCCC2. The fourth-order valence-electron chi connectivity index (χ4n) is 5.27. The van der Waals surface area contributed by atoms with E-state index in [9.17, 15) is 9.59 Å². The quantitative estimate of drug-likeness (QED) is 0.807. The number of benzene rings is 1. The lowest BCUT2D eigenvalue weighted by molar-refractivity contribution is -0.127. The number of nitrogens with one attached hydrogen (secondary N) is 1. The molecular weight excluding hydrogens is 374 g/mol. The minimum atomic E-state index is -0.434. The standard InChI is InChI=1S/C25H31N3O2/c1-18(2)17-28-24(30)21-9-5-4-8-20(21)22(25(28)12-6-3-7-13-25)23(29)27-16-19-10-14-26-15-11-19/h4-5,8-11,14-15,18,22H,3,6-7,12-13,16-17H2,1-2H3,(H,27,29)/t22-/m1/s1. The van der Waals surface area contributed by atoms with Gasteiger partial charge in [-0.1, -0.05) is 51.3 Å². The maximum Gasteiger partial charge on any atom is 0.254 e. The molecule has 0 radical (unpaired) electrons. The number of pyridine rings is 1. The van der Waals surface area contributed by atoms with Crippen LogP contribution in [0.15, 0.2) is 48.8 Å². The Hall–Kier alpha value is -2.69. The zero-order valence-corrected chi connectivity index (χ0v) is 17.9.